The number of rotatable bonds is 4. The lowest BCUT2D eigenvalue weighted by molar-refractivity contribution is -0.477. The Bertz CT molecular complexity index is 1010. The van der Waals surface area contributed by atoms with Crippen LogP contribution in [0, 0.1) is 5.92 Å². The highest BCUT2D eigenvalue weighted by atomic mass is 16.2. The molecule has 1 N–H and O–H groups in total. The molecule has 3 fully saturated rings. The number of fused-ring (bicyclic) bond motifs is 1. The number of amides is 1. The normalized spacial score (nSPS) is 25.9. The highest BCUT2D eigenvalue weighted by Crippen LogP contribution is 2.33. The molecule has 0 radical (unpaired) electrons. The predicted molar refractivity (Wildman–Crippen MR) is 124 cm³/mol. The van der Waals surface area contributed by atoms with Crippen molar-refractivity contribution in [2.24, 2.45) is 11.0 Å². The van der Waals surface area contributed by atoms with Crippen molar-refractivity contribution in [3.05, 3.63) is 60.1 Å². The molecule has 5 aliphatic rings. The second kappa shape index (κ2) is 8.30. The Morgan fingerprint density at radius 1 is 1.00 bits per heavy atom. The van der Waals surface area contributed by atoms with Gasteiger partial charge in [0.05, 0.1) is 11.8 Å². The van der Waals surface area contributed by atoms with Gasteiger partial charge in [-0.1, -0.05) is 16.8 Å². The molecular formula is C25H31N6O+. The molecule has 1 saturated carbocycles. The van der Waals surface area contributed by atoms with Gasteiger partial charge in [0.15, 0.2) is 0 Å². The van der Waals surface area contributed by atoms with Crippen LogP contribution in [-0.2, 0) is 4.79 Å². The summed E-state index contributed by atoms with van der Waals surface area (Å²) >= 11 is 0. The molecule has 32 heavy (non-hydrogen) atoms. The van der Waals surface area contributed by atoms with E-state index >= 15 is 0 Å². The van der Waals surface area contributed by atoms with E-state index in [1.54, 1.807) is 0 Å². The van der Waals surface area contributed by atoms with Gasteiger partial charge in [0.2, 0.25) is 17.8 Å². The number of hydrogen-bond donors (Lipinski definition) is 1. The largest absolute Gasteiger partial charge is 0.369 e. The van der Waals surface area contributed by atoms with Gasteiger partial charge in [0, 0.05) is 70.0 Å². The first kappa shape index (κ1) is 19.9. The summed E-state index contributed by atoms with van der Waals surface area (Å²) < 4.78 is 2.02. The van der Waals surface area contributed by atoms with E-state index in [1.807, 2.05) is 10.9 Å². The van der Waals surface area contributed by atoms with Crippen LogP contribution in [0.4, 0.5) is 5.69 Å². The van der Waals surface area contributed by atoms with E-state index in [0.717, 1.165) is 65.2 Å². The number of nitrogens with one attached hydrogen (secondary N) is 1. The molecular weight excluding hydrogens is 400 g/mol. The van der Waals surface area contributed by atoms with Crippen LogP contribution in [0.1, 0.15) is 18.4 Å². The van der Waals surface area contributed by atoms with Gasteiger partial charge >= 0.3 is 0 Å². The summed E-state index contributed by atoms with van der Waals surface area (Å²) in [5, 5.41) is 7.99. The van der Waals surface area contributed by atoms with Crippen molar-refractivity contribution < 1.29 is 9.49 Å². The molecule has 0 spiro atoms. The average molecular weight is 432 g/mol. The van der Waals surface area contributed by atoms with E-state index in [0.29, 0.717) is 11.8 Å². The van der Waals surface area contributed by atoms with Gasteiger partial charge in [-0.3, -0.25) is 9.69 Å². The van der Waals surface area contributed by atoms with Crippen molar-refractivity contribution in [3.63, 3.8) is 0 Å². The van der Waals surface area contributed by atoms with E-state index in [9.17, 15) is 4.79 Å². The maximum atomic E-state index is 12.4. The molecule has 4 aliphatic heterocycles. The lowest BCUT2D eigenvalue weighted by atomic mass is 10.0. The third-order valence-corrected chi connectivity index (χ3v) is 7.22. The van der Waals surface area contributed by atoms with E-state index in [1.165, 1.54) is 22.5 Å². The average Bonchev–Trinajstić information content (AvgIpc) is 3.62. The molecule has 6 rings (SSSR count). The minimum atomic E-state index is 0.208. The summed E-state index contributed by atoms with van der Waals surface area (Å²) in [6.45, 7) is 7.70. The third kappa shape index (κ3) is 3.80. The second-order valence-electron chi connectivity index (χ2n) is 9.32. The third-order valence-electron chi connectivity index (χ3n) is 7.22. The van der Waals surface area contributed by atoms with Gasteiger partial charge in [0.1, 0.15) is 6.04 Å². The SMILES string of the molecule is O=C(C1CC1)N1CCN(C2C=CN=[N+]3C=C(c4ccc(N5CCNCC5)cc4)C=C23)CC1. The minimum Gasteiger partial charge on any atom is -0.369 e. The molecule has 1 atom stereocenters. The standard InChI is InChI=1S/C25H31N6O/c32-25(20-1-2-20)30-15-13-29(14-16-30)23-7-8-27-31-18-21(17-24(23)31)19-3-5-22(6-4-19)28-11-9-26-10-12-28/h3-8,17-18,20,23,26H,1-2,9-16H2/q+1. The zero-order valence-electron chi connectivity index (χ0n) is 18.5. The van der Waals surface area contributed by atoms with Crippen molar-refractivity contribution in [3.8, 4) is 0 Å². The van der Waals surface area contributed by atoms with Crippen molar-refractivity contribution in [2.45, 2.75) is 18.9 Å². The van der Waals surface area contributed by atoms with Crippen LogP contribution in [0.3, 0.4) is 0 Å². The highest BCUT2D eigenvalue weighted by Gasteiger charge is 2.39. The molecule has 0 aromatic heterocycles. The van der Waals surface area contributed by atoms with Crippen LogP contribution >= 0.6 is 0 Å². The maximum absolute atomic E-state index is 12.4. The quantitative estimate of drug-likeness (QED) is 0.743. The molecule has 4 heterocycles. The van der Waals surface area contributed by atoms with Crippen LogP contribution in [0.2, 0.25) is 0 Å². The molecule has 1 aromatic carbocycles. The Morgan fingerprint density at radius 3 is 2.47 bits per heavy atom. The van der Waals surface area contributed by atoms with Crippen LogP contribution in [0.25, 0.3) is 5.57 Å². The predicted octanol–water partition coefficient (Wildman–Crippen LogP) is 2.25. The summed E-state index contributed by atoms with van der Waals surface area (Å²) in [6, 6.07) is 9.13. The summed E-state index contributed by atoms with van der Waals surface area (Å²) in [4.78, 5) is 19.4. The number of carbonyl (C=O) groups is 1. The Hall–Kier alpha value is -2.77. The summed E-state index contributed by atoms with van der Waals surface area (Å²) in [7, 11) is 0. The maximum Gasteiger partial charge on any atom is 0.236 e. The lowest BCUT2D eigenvalue weighted by Crippen LogP contribution is -2.53. The first-order valence-electron chi connectivity index (χ1n) is 12.0. The number of allylic oxidation sites excluding steroid dienone is 2. The molecule has 1 aliphatic carbocycles. The van der Waals surface area contributed by atoms with Gasteiger partial charge in [-0.15, -0.1) is 0 Å². The van der Waals surface area contributed by atoms with E-state index < -0.39 is 0 Å². The fraction of sp³-hybridized carbons (Fsp3) is 0.480. The van der Waals surface area contributed by atoms with Gasteiger partial charge in [-0.25, -0.2) is 0 Å². The fourth-order valence-corrected chi connectivity index (χ4v) is 5.14. The topological polar surface area (TPSA) is 54.2 Å². The number of anilines is 1. The van der Waals surface area contributed by atoms with Gasteiger partial charge < -0.3 is 15.1 Å². The lowest BCUT2D eigenvalue weighted by Gasteiger charge is -2.37. The molecule has 7 heteroatoms. The molecule has 0 bridgehead atoms. The molecule has 1 aromatic rings. The molecule has 1 amide bonds. The van der Waals surface area contributed by atoms with Crippen LogP contribution in [-0.4, -0.2) is 78.8 Å². The molecule has 2 saturated heterocycles. The van der Waals surface area contributed by atoms with E-state index in [2.05, 4.69) is 67.7 Å². The van der Waals surface area contributed by atoms with Crippen molar-refractivity contribution in [1.82, 2.24) is 15.1 Å². The van der Waals surface area contributed by atoms with Crippen molar-refractivity contribution in [2.75, 3.05) is 57.3 Å². The van der Waals surface area contributed by atoms with Gasteiger partial charge in [-0.2, -0.15) is 0 Å². The number of benzene rings is 1. The fourth-order valence-electron chi connectivity index (χ4n) is 5.14. The molecule has 1 unspecified atom stereocenters. The van der Waals surface area contributed by atoms with E-state index in [4.69, 9.17) is 0 Å². The smallest absolute Gasteiger partial charge is 0.236 e. The highest BCUT2D eigenvalue weighted by molar-refractivity contribution is 5.81. The summed E-state index contributed by atoms with van der Waals surface area (Å²) in [5.41, 5.74) is 4.92. The van der Waals surface area contributed by atoms with Gasteiger partial charge in [-0.05, 0) is 41.7 Å². The minimum absolute atomic E-state index is 0.208. The van der Waals surface area contributed by atoms with Gasteiger partial charge in [0.25, 0.3) is 0 Å². The van der Waals surface area contributed by atoms with Crippen LogP contribution in [0.15, 0.2) is 59.6 Å². The molecule has 7 nitrogen and oxygen atoms in total. The first-order chi connectivity index (χ1) is 15.8. The van der Waals surface area contributed by atoms with Crippen LogP contribution in [0.5, 0.6) is 0 Å². The van der Waals surface area contributed by atoms with Crippen molar-refractivity contribution in [1.29, 1.82) is 0 Å². The number of piperazine rings is 2. The number of nitrogens with zero attached hydrogens (tertiary/aromatic N) is 5. The Labute approximate surface area is 189 Å². The van der Waals surface area contributed by atoms with Crippen LogP contribution < -0.4 is 10.2 Å². The summed E-state index contributed by atoms with van der Waals surface area (Å²) in [5.74, 6) is 0.682. The zero-order chi connectivity index (χ0) is 21.5. The Kier molecular flexibility index (Phi) is 5.15. The second-order valence-corrected chi connectivity index (χ2v) is 9.32. The molecule has 166 valence electrons. The first-order valence-corrected chi connectivity index (χ1v) is 12.0. The van der Waals surface area contributed by atoms with Crippen molar-refractivity contribution >= 4 is 17.2 Å². The zero-order valence-corrected chi connectivity index (χ0v) is 18.5. The number of hydrogen-bond acceptors (Lipinski definition) is 5. The van der Waals surface area contributed by atoms with E-state index in [-0.39, 0.29) is 6.04 Å². The number of carbonyl (C=O) groups excluding carboxylic acids is 1. The number of azo groups is 2. The Morgan fingerprint density at radius 2 is 1.75 bits per heavy atom. The summed E-state index contributed by atoms with van der Waals surface area (Å²) in [6.07, 6.45) is 10.7. The monoisotopic (exact) mass is 431 g/mol. The Balaban J connectivity index is 1.14.